The molecule has 20 heavy (non-hydrogen) atoms. The summed E-state index contributed by atoms with van der Waals surface area (Å²) in [6.07, 6.45) is 1.05. The van der Waals surface area contributed by atoms with Gasteiger partial charge in [-0.2, -0.15) is 0 Å². The van der Waals surface area contributed by atoms with Gasteiger partial charge in [-0.25, -0.2) is 0 Å². The molecule has 0 fully saturated rings. The molecule has 5 nitrogen and oxygen atoms in total. The fraction of sp³-hybridized carbons (Fsp3) is 0.467. The maximum atomic E-state index is 12.4. The summed E-state index contributed by atoms with van der Waals surface area (Å²) in [6.45, 7) is 7.68. The highest BCUT2D eigenvalue weighted by Crippen LogP contribution is 2.11. The molecule has 1 aromatic carbocycles. The van der Waals surface area contributed by atoms with E-state index in [-0.39, 0.29) is 11.7 Å². The summed E-state index contributed by atoms with van der Waals surface area (Å²) >= 11 is 0. The molecule has 0 saturated heterocycles. The number of benzene rings is 1. The molecule has 0 aliphatic carbocycles. The maximum Gasteiger partial charge on any atom is 0.253 e. The summed E-state index contributed by atoms with van der Waals surface area (Å²) in [6, 6.07) is 6.77. The number of nitrogens with zero attached hydrogens (tertiary/aromatic N) is 2. The van der Waals surface area contributed by atoms with Crippen molar-refractivity contribution in [2.75, 3.05) is 13.1 Å². The van der Waals surface area contributed by atoms with Crippen LogP contribution in [0, 0.1) is 5.92 Å². The number of carbonyl (C=O) groups is 1. The molecule has 0 aliphatic rings. The number of carbonyl (C=O) groups excluding carboxylic acids is 1. The van der Waals surface area contributed by atoms with Gasteiger partial charge in [0.25, 0.3) is 5.91 Å². The number of amidine groups is 1. The summed E-state index contributed by atoms with van der Waals surface area (Å²) in [5.41, 5.74) is 6.70. The molecule has 0 saturated carbocycles. The average Bonchev–Trinajstić information content (AvgIpc) is 2.50. The summed E-state index contributed by atoms with van der Waals surface area (Å²) in [5, 5.41) is 11.5. The Kier molecular flexibility index (Phi) is 6.03. The summed E-state index contributed by atoms with van der Waals surface area (Å²) in [4.78, 5) is 14.2. The van der Waals surface area contributed by atoms with E-state index in [9.17, 15) is 4.79 Å². The van der Waals surface area contributed by atoms with E-state index in [1.807, 2.05) is 11.8 Å². The van der Waals surface area contributed by atoms with Gasteiger partial charge in [-0.15, -0.1) is 0 Å². The van der Waals surface area contributed by atoms with Crippen molar-refractivity contribution in [3.8, 4) is 0 Å². The first-order valence-corrected chi connectivity index (χ1v) is 6.90. The van der Waals surface area contributed by atoms with Crippen LogP contribution in [0.4, 0.5) is 0 Å². The number of nitrogens with two attached hydrogens (primary N) is 1. The van der Waals surface area contributed by atoms with Crippen LogP contribution in [-0.2, 0) is 0 Å². The Morgan fingerprint density at radius 2 is 1.85 bits per heavy atom. The first kappa shape index (κ1) is 16.0. The van der Waals surface area contributed by atoms with Crippen molar-refractivity contribution < 1.29 is 10.0 Å². The standard InChI is InChI=1S/C15H23N3O2/c1-4-11(3)10-18(5-2)15(19)13-8-6-12(7-9-13)14(16)17-20/h6-9,11,20H,4-5,10H2,1-3H3,(H2,16,17). The highest BCUT2D eigenvalue weighted by atomic mass is 16.4. The minimum Gasteiger partial charge on any atom is -0.409 e. The number of amides is 1. The molecule has 5 heteroatoms. The Morgan fingerprint density at radius 3 is 2.30 bits per heavy atom. The minimum atomic E-state index is 0.0128. The molecule has 0 aliphatic heterocycles. The van der Waals surface area contributed by atoms with Crippen LogP contribution in [-0.4, -0.2) is 34.9 Å². The number of oxime groups is 1. The Hall–Kier alpha value is -2.04. The molecule has 0 spiro atoms. The molecule has 1 aromatic rings. The highest BCUT2D eigenvalue weighted by molar-refractivity contribution is 5.99. The Labute approximate surface area is 120 Å². The van der Waals surface area contributed by atoms with Gasteiger partial charge in [0.15, 0.2) is 5.84 Å². The smallest absolute Gasteiger partial charge is 0.253 e. The molecule has 110 valence electrons. The second-order valence-electron chi connectivity index (χ2n) is 4.92. The van der Waals surface area contributed by atoms with Crippen molar-refractivity contribution in [2.45, 2.75) is 27.2 Å². The third-order valence-electron chi connectivity index (χ3n) is 3.43. The van der Waals surface area contributed by atoms with Crippen LogP contribution >= 0.6 is 0 Å². The zero-order chi connectivity index (χ0) is 15.1. The van der Waals surface area contributed by atoms with E-state index in [1.54, 1.807) is 24.3 Å². The van der Waals surface area contributed by atoms with E-state index in [0.29, 0.717) is 23.6 Å². The third-order valence-corrected chi connectivity index (χ3v) is 3.43. The molecule has 3 N–H and O–H groups in total. The Balaban J connectivity index is 2.85. The monoisotopic (exact) mass is 277 g/mol. The van der Waals surface area contributed by atoms with Gasteiger partial charge in [0.2, 0.25) is 0 Å². The molecule has 1 amide bonds. The van der Waals surface area contributed by atoms with Crippen molar-refractivity contribution in [1.29, 1.82) is 0 Å². The van der Waals surface area contributed by atoms with Crippen LogP contribution in [0.2, 0.25) is 0 Å². The predicted octanol–water partition coefficient (Wildman–Crippen LogP) is 2.29. The van der Waals surface area contributed by atoms with Gasteiger partial charge in [0, 0.05) is 24.2 Å². The van der Waals surface area contributed by atoms with E-state index in [0.717, 1.165) is 13.0 Å². The van der Waals surface area contributed by atoms with Crippen molar-refractivity contribution >= 4 is 11.7 Å². The van der Waals surface area contributed by atoms with Gasteiger partial charge in [0.1, 0.15) is 0 Å². The van der Waals surface area contributed by atoms with E-state index >= 15 is 0 Å². The van der Waals surface area contributed by atoms with Crippen molar-refractivity contribution in [2.24, 2.45) is 16.8 Å². The number of hydrogen-bond donors (Lipinski definition) is 2. The van der Waals surface area contributed by atoms with E-state index in [2.05, 4.69) is 19.0 Å². The van der Waals surface area contributed by atoms with Crippen LogP contribution in [0.3, 0.4) is 0 Å². The lowest BCUT2D eigenvalue weighted by molar-refractivity contribution is 0.0741. The lowest BCUT2D eigenvalue weighted by Crippen LogP contribution is -2.34. The number of hydrogen-bond acceptors (Lipinski definition) is 3. The van der Waals surface area contributed by atoms with Gasteiger partial charge in [0.05, 0.1) is 0 Å². The van der Waals surface area contributed by atoms with Gasteiger partial charge < -0.3 is 15.8 Å². The topological polar surface area (TPSA) is 78.9 Å². The van der Waals surface area contributed by atoms with E-state index in [4.69, 9.17) is 10.9 Å². The molecule has 1 atom stereocenters. The van der Waals surface area contributed by atoms with Crippen molar-refractivity contribution in [3.05, 3.63) is 35.4 Å². The Bertz CT molecular complexity index is 469. The van der Waals surface area contributed by atoms with E-state index < -0.39 is 0 Å². The van der Waals surface area contributed by atoms with Gasteiger partial charge in [-0.05, 0) is 25.0 Å². The fourth-order valence-electron chi connectivity index (χ4n) is 1.88. The predicted molar refractivity (Wildman–Crippen MR) is 80.0 cm³/mol. The van der Waals surface area contributed by atoms with Crippen LogP contribution in [0.5, 0.6) is 0 Å². The quantitative estimate of drug-likeness (QED) is 0.362. The van der Waals surface area contributed by atoms with Crippen molar-refractivity contribution in [3.63, 3.8) is 0 Å². The first-order chi connectivity index (χ1) is 9.53. The van der Waals surface area contributed by atoms with Crippen LogP contribution < -0.4 is 5.73 Å². The highest BCUT2D eigenvalue weighted by Gasteiger charge is 2.16. The van der Waals surface area contributed by atoms with Crippen LogP contribution in [0.15, 0.2) is 29.4 Å². The average molecular weight is 277 g/mol. The summed E-state index contributed by atoms with van der Waals surface area (Å²) in [7, 11) is 0. The van der Waals surface area contributed by atoms with E-state index in [1.165, 1.54) is 0 Å². The first-order valence-electron chi connectivity index (χ1n) is 6.90. The van der Waals surface area contributed by atoms with Crippen molar-refractivity contribution in [1.82, 2.24) is 4.90 Å². The Morgan fingerprint density at radius 1 is 1.30 bits per heavy atom. The van der Waals surface area contributed by atoms with Crippen LogP contribution in [0.1, 0.15) is 43.1 Å². The summed E-state index contributed by atoms with van der Waals surface area (Å²) in [5.74, 6) is 0.533. The molecule has 0 radical (unpaired) electrons. The minimum absolute atomic E-state index is 0.0128. The largest absolute Gasteiger partial charge is 0.409 e. The zero-order valence-corrected chi connectivity index (χ0v) is 12.3. The number of rotatable bonds is 6. The SMILES string of the molecule is CCC(C)CN(CC)C(=O)c1ccc(C(N)=NO)cc1. The lowest BCUT2D eigenvalue weighted by Gasteiger charge is -2.24. The molecular weight excluding hydrogens is 254 g/mol. The molecule has 1 rings (SSSR count). The normalized spacial score (nSPS) is 13.1. The summed E-state index contributed by atoms with van der Waals surface area (Å²) < 4.78 is 0. The molecular formula is C15H23N3O2. The molecule has 1 unspecified atom stereocenters. The van der Waals surface area contributed by atoms with Gasteiger partial charge >= 0.3 is 0 Å². The second-order valence-corrected chi connectivity index (χ2v) is 4.92. The van der Waals surface area contributed by atoms with Gasteiger partial charge in [-0.1, -0.05) is 37.6 Å². The molecule has 0 aromatic heterocycles. The van der Waals surface area contributed by atoms with Crippen LogP contribution in [0.25, 0.3) is 0 Å². The molecule has 0 heterocycles. The third kappa shape index (κ3) is 3.98. The molecule has 0 bridgehead atoms. The lowest BCUT2D eigenvalue weighted by atomic mass is 10.1. The van der Waals surface area contributed by atoms with Gasteiger partial charge in [-0.3, -0.25) is 4.79 Å². The maximum absolute atomic E-state index is 12.4. The zero-order valence-electron chi connectivity index (χ0n) is 12.3. The fourth-order valence-corrected chi connectivity index (χ4v) is 1.88. The second kappa shape index (κ2) is 7.53.